The van der Waals surface area contributed by atoms with E-state index in [1.54, 1.807) is 14.2 Å². The lowest BCUT2D eigenvalue weighted by molar-refractivity contribution is 0.394. The van der Waals surface area contributed by atoms with Gasteiger partial charge in [-0.15, -0.1) is 17.0 Å². The summed E-state index contributed by atoms with van der Waals surface area (Å²) in [4.78, 5) is 4.04. The summed E-state index contributed by atoms with van der Waals surface area (Å²) < 4.78 is 11.2. The van der Waals surface area contributed by atoms with Gasteiger partial charge in [0.05, 0.1) is 19.0 Å². The first-order valence-electron chi connectivity index (χ1n) is 5.73. The summed E-state index contributed by atoms with van der Waals surface area (Å²) in [7, 11) is 5.17. The van der Waals surface area contributed by atoms with Gasteiger partial charge in [-0.3, -0.25) is 4.99 Å². The molecule has 0 aliphatic carbocycles. The molecular weight excluding hydrogens is 310 g/mol. The standard InChI is InChI=1S/C13H17N3O2.BrH/c1-14-13(15-2)16-8-11-12(17-3)9-6-4-5-7-10(9)18-11;/h4-7H,8H2,1-3H3,(H2,14,15,16);1H. The van der Waals surface area contributed by atoms with Crippen LogP contribution in [0.25, 0.3) is 11.0 Å². The van der Waals surface area contributed by atoms with E-state index >= 15 is 0 Å². The van der Waals surface area contributed by atoms with Crippen LogP contribution in [0.15, 0.2) is 33.7 Å². The second-order valence-electron chi connectivity index (χ2n) is 3.73. The molecule has 0 aliphatic rings. The van der Waals surface area contributed by atoms with Gasteiger partial charge in [0.25, 0.3) is 0 Å². The largest absolute Gasteiger partial charge is 0.492 e. The van der Waals surface area contributed by atoms with Gasteiger partial charge in [-0.1, -0.05) is 12.1 Å². The molecule has 1 aromatic heterocycles. The number of nitrogens with zero attached hydrogens (tertiary/aromatic N) is 1. The molecule has 0 radical (unpaired) electrons. The molecule has 1 heterocycles. The zero-order valence-electron chi connectivity index (χ0n) is 11.2. The lowest BCUT2D eigenvalue weighted by Crippen LogP contribution is -2.34. The van der Waals surface area contributed by atoms with Crippen molar-refractivity contribution in [2.45, 2.75) is 6.54 Å². The molecule has 19 heavy (non-hydrogen) atoms. The predicted octanol–water partition coefficient (Wildman–Crippen LogP) is 2.31. The van der Waals surface area contributed by atoms with Crippen molar-refractivity contribution in [1.82, 2.24) is 10.6 Å². The smallest absolute Gasteiger partial charge is 0.191 e. The number of rotatable bonds is 3. The Bertz CT molecular complexity index is 566. The van der Waals surface area contributed by atoms with Gasteiger partial charge in [-0.05, 0) is 12.1 Å². The average Bonchev–Trinajstić information content (AvgIpc) is 2.77. The minimum absolute atomic E-state index is 0. The number of benzene rings is 1. The highest BCUT2D eigenvalue weighted by Gasteiger charge is 2.14. The van der Waals surface area contributed by atoms with Gasteiger partial charge in [0, 0.05) is 14.1 Å². The first kappa shape index (κ1) is 15.4. The third kappa shape index (κ3) is 3.20. The van der Waals surface area contributed by atoms with Crippen LogP contribution in [0.3, 0.4) is 0 Å². The number of hydrogen-bond acceptors (Lipinski definition) is 3. The maximum Gasteiger partial charge on any atom is 0.191 e. The number of para-hydroxylation sites is 1. The number of nitrogens with one attached hydrogen (secondary N) is 2. The van der Waals surface area contributed by atoms with Gasteiger partial charge in [0.15, 0.2) is 17.5 Å². The van der Waals surface area contributed by atoms with E-state index in [0.717, 1.165) is 22.5 Å². The number of furan rings is 1. The fourth-order valence-corrected chi connectivity index (χ4v) is 1.86. The van der Waals surface area contributed by atoms with Crippen molar-refractivity contribution >= 4 is 33.9 Å². The monoisotopic (exact) mass is 327 g/mol. The van der Waals surface area contributed by atoms with Crippen LogP contribution in [-0.4, -0.2) is 27.2 Å². The third-order valence-electron chi connectivity index (χ3n) is 2.70. The Morgan fingerprint density at radius 1 is 1.37 bits per heavy atom. The fourth-order valence-electron chi connectivity index (χ4n) is 1.86. The molecule has 0 bridgehead atoms. The Kier molecular flexibility index (Phi) is 5.69. The molecule has 0 spiro atoms. The summed E-state index contributed by atoms with van der Waals surface area (Å²) in [5.74, 6) is 2.23. The highest BCUT2D eigenvalue weighted by molar-refractivity contribution is 8.93. The molecule has 2 N–H and O–H groups in total. The number of fused-ring (bicyclic) bond motifs is 1. The minimum Gasteiger partial charge on any atom is -0.492 e. The summed E-state index contributed by atoms with van der Waals surface area (Å²) in [6, 6.07) is 7.81. The Labute approximate surface area is 122 Å². The van der Waals surface area contributed by atoms with Crippen LogP contribution in [0.2, 0.25) is 0 Å². The molecule has 0 amide bonds. The Morgan fingerprint density at radius 2 is 2.11 bits per heavy atom. The first-order chi connectivity index (χ1) is 8.80. The summed E-state index contributed by atoms with van der Waals surface area (Å²) in [6.07, 6.45) is 0. The summed E-state index contributed by atoms with van der Waals surface area (Å²) in [5.41, 5.74) is 0.825. The molecule has 6 heteroatoms. The number of guanidine groups is 1. The van der Waals surface area contributed by atoms with Crippen molar-refractivity contribution in [3.63, 3.8) is 0 Å². The molecule has 0 unspecified atom stereocenters. The maximum absolute atomic E-state index is 5.76. The van der Waals surface area contributed by atoms with Crippen LogP contribution in [-0.2, 0) is 6.54 Å². The lowest BCUT2D eigenvalue weighted by atomic mass is 10.2. The minimum atomic E-state index is 0. The third-order valence-corrected chi connectivity index (χ3v) is 2.70. The first-order valence-corrected chi connectivity index (χ1v) is 5.73. The molecule has 0 fully saturated rings. The molecule has 104 valence electrons. The Balaban J connectivity index is 0.00000180. The van der Waals surface area contributed by atoms with Crippen molar-refractivity contribution in [3.8, 4) is 5.75 Å². The average molecular weight is 328 g/mol. The van der Waals surface area contributed by atoms with Gasteiger partial charge in [-0.25, -0.2) is 0 Å². The number of methoxy groups -OCH3 is 1. The van der Waals surface area contributed by atoms with E-state index in [2.05, 4.69) is 15.6 Å². The van der Waals surface area contributed by atoms with E-state index in [1.165, 1.54) is 0 Å². The summed E-state index contributed by atoms with van der Waals surface area (Å²) in [5, 5.41) is 7.07. The normalized spacial score (nSPS) is 11.0. The maximum atomic E-state index is 5.76. The van der Waals surface area contributed by atoms with Crippen LogP contribution >= 0.6 is 17.0 Å². The summed E-state index contributed by atoms with van der Waals surface area (Å²) in [6.45, 7) is 0.519. The zero-order valence-corrected chi connectivity index (χ0v) is 12.9. The van der Waals surface area contributed by atoms with Gasteiger partial charge in [0.2, 0.25) is 0 Å². The van der Waals surface area contributed by atoms with E-state index in [0.29, 0.717) is 12.5 Å². The number of ether oxygens (including phenoxy) is 1. The van der Waals surface area contributed by atoms with E-state index < -0.39 is 0 Å². The SMILES string of the molecule is Br.CN=C(NC)NCc1oc2ccccc2c1OC. The molecule has 2 aromatic rings. The number of hydrogen-bond donors (Lipinski definition) is 2. The second-order valence-corrected chi connectivity index (χ2v) is 3.73. The molecule has 5 nitrogen and oxygen atoms in total. The van der Waals surface area contributed by atoms with Crippen molar-refractivity contribution in [1.29, 1.82) is 0 Å². The second kappa shape index (κ2) is 7.04. The lowest BCUT2D eigenvalue weighted by Gasteiger charge is -2.07. The van der Waals surface area contributed by atoms with Crippen LogP contribution in [0.1, 0.15) is 5.76 Å². The van der Waals surface area contributed by atoms with Crippen molar-refractivity contribution in [3.05, 3.63) is 30.0 Å². The zero-order chi connectivity index (χ0) is 13.0. The highest BCUT2D eigenvalue weighted by Crippen LogP contribution is 2.32. The van der Waals surface area contributed by atoms with Crippen LogP contribution in [0.4, 0.5) is 0 Å². The fraction of sp³-hybridized carbons (Fsp3) is 0.308. The molecule has 0 aliphatic heterocycles. The van der Waals surface area contributed by atoms with Crippen LogP contribution in [0, 0.1) is 0 Å². The molecule has 1 aromatic carbocycles. The number of aliphatic imine (C=N–C) groups is 1. The van der Waals surface area contributed by atoms with E-state index in [9.17, 15) is 0 Å². The quantitative estimate of drug-likeness (QED) is 0.671. The van der Waals surface area contributed by atoms with Gasteiger partial charge < -0.3 is 19.8 Å². The van der Waals surface area contributed by atoms with Gasteiger partial charge in [0.1, 0.15) is 5.58 Å². The van der Waals surface area contributed by atoms with Crippen molar-refractivity contribution in [2.24, 2.45) is 4.99 Å². The van der Waals surface area contributed by atoms with Crippen LogP contribution < -0.4 is 15.4 Å². The Hall–Kier alpha value is -1.69. The topological polar surface area (TPSA) is 58.8 Å². The molecular formula is C13H18BrN3O2. The molecule has 0 atom stereocenters. The molecule has 0 saturated carbocycles. The number of halogens is 1. The molecule has 2 rings (SSSR count). The van der Waals surface area contributed by atoms with Gasteiger partial charge >= 0.3 is 0 Å². The highest BCUT2D eigenvalue weighted by atomic mass is 79.9. The molecule has 0 saturated heterocycles. The van der Waals surface area contributed by atoms with Crippen molar-refractivity contribution < 1.29 is 9.15 Å². The van der Waals surface area contributed by atoms with E-state index in [1.807, 2.05) is 31.3 Å². The Morgan fingerprint density at radius 3 is 2.74 bits per heavy atom. The summed E-state index contributed by atoms with van der Waals surface area (Å²) >= 11 is 0. The predicted molar refractivity (Wildman–Crippen MR) is 82.3 cm³/mol. The van der Waals surface area contributed by atoms with E-state index in [4.69, 9.17) is 9.15 Å². The van der Waals surface area contributed by atoms with Crippen LogP contribution in [0.5, 0.6) is 5.75 Å². The van der Waals surface area contributed by atoms with E-state index in [-0.39, 0.29) is 17.0 Å². The van der Waals surface area contributed by atoms with Gasteiger partial charge in [-0.2, -0.15) is 0 Å². The van der Waals surface area contributed by atoms with Crippen molar-refractivity contribution in [2.75, 3.05) is 21.2 Å².